The van der Waals surface area contributed by atoms with E-state index in [9.17, 15) is 4.79 Å². The van der Waals surface area contributed by atoms with Crippen molar-refractivity contribution in [1.82, 2.24) is 19.5 Å². The molecule has 1 amide bonds. The van der Waals surface area contributed by atoms with E-state index in [-0.39, 0.29) is 5.91 Å². The summed E-state index contributed by atoms with van der Waals surface area (Å²) in [5.41, 5.74) is 2.42. The van der Waals surface area contributed by atoms with Crippen LogP contribution in [0.2, 0.25) is 0 Å². The highest BCUT2D eigenvalue weighted by Crippen LogP contribution is 2.27. The Bertz CT molecular complexity index is 1070. The van der Waals surface area contributed by atoms with Crippen molar-refractivity contribution in [3.8, 4) is 11.6 Å². The summed E-state index contributed by atoms with van der Waals surface area (Å²) in [5, 5.41) is 3.71. The fourth-order valence-electron chi connectivity index (χ4n) is 2.75. The first kappa shape index (κ1) is 16.7. The average Bonchev–Trinajstić information content (AvgIpc) is 3.06. The third kappa shape index (κ3) is 3.77. The van der Waals surface area contributed by atoms with Crippen LogP contribution in [0, 0.1) is 0 Å². The van der Waals surface area contributed by atoms with Crippen molar-refractivity contribution in [1.29, 1.82) is 0 Å². The number of benzene rings is 1. The van der Waals surface area contributed by atoms with E-state index in [1.54, 1.807) is 36.7 Å². The van der Waals surface area contributed by atoms with Gasteiger partial charge in [-0.25, -0.2) is 9.97 Å². The average molecular weight is 359 g/mol. The maximum absolute atomic E-state index is 12.1. The van der Waals surface area contributed by atoms with Crippen molar-refractivity contribution >= 4 is 22.6 Å². The predicted octanol–water partition coefficient (Wildman–Crippen LogP) is 3.34. The molecule has 4 aromatic rings. The van der Waals surface area contributed by atoms with Crippen LogP contribution in [0.4, 0.5) is 5.69 Å². The van der Waals surface area contributed by atoms with Gasteiger partial charge < -0.3 is 14.6 Å². The van der Waals surface area contributed by atoms with Crippen molar-refractivity contribution in [3.05, 3.63) is 72.9 Å². The molecule has 7 heteroatoms. The summed E-state index contributed by atoms with van der Waals surface area (Å²) in [6.07, 6.45) is 7.03. The molecule has 0 saturated heterocycles. The van der Waals surface area contributed by atoms with E-state index in [0.29, 0.717) is 23.7 Å². The van der Waals surface area contributed by atoms with E-state index in [1.165, 1.54) is 6.33 Å². The molecule has 3 aromatic heterocycles. The Morgan fingerprint density at radius 1 is 1.07 bits per heavy atom. The molecule has 134 valence electrons. The molecule has 0 aliphatic rings. The Kier molecular flexibility index (Phi) is 4.49. The number of carbonyl (C=O) groups is 1. The number of hydrogen-bond acceptors (Lipinski definition) is 5. The molecule has 0 atom stereocenters. The van der Waals surface area contributed by atoms with Gasteiger partial charge >= 0.3 is 0 Å². The minimum absolute atomic E-state index is 0.0864. The number of fused-ring (bicyclic) bond motifs is 1. The summed E-state index contributed by atoms with van der Waals surface area (Å²) in [4.78, 5) is 24.5. The van der Waals surface area contributed by atoms with Gasteiger partial charge in [-0.15, -0.1) is 0 Å². The van der Waals surface area contributed by atoms with Crippen LogP contribution >= 0.6 is 0 Å². The highest BCUT2D eigenvalue weighted by Gasteiger charge is 2.09. The third-order valence-corrected chi connectivity index (χ3v) is 4.09. The monoisotopic (exact) mass is 359 g/mol. The van der Waals surface area contributed by atoms with Crippen molar-refractivity contribution in [2.24, 2.45) is 7.05 Å². The summed E-state index contributed by atoms with van der Waals surface area (Å²) in [6, 6.07) is 12.7. The molecule has 0 radical (unpaired) electrons. The van der Waals surface area contributed by atoms with Gasteiger partial charge in [0.1, 0.15) is 17.7 Å². The first-order chi connectivity index (χ1) is 13.2. The lowest BCUT2D eigenvalue weighted by atomic mass is 10.2. The Morgan fingerprint density at radius 3 is 2.63 bits per heavy atom. The minimum atomic E-state index is -0.0864. The van der Waals surface area contributed by atoms with Crippen LogP contribution in [0.3, 0.4) is 0 Å². The molecule has 7 nitrogen and oxygen atoms in total. The second-order valence-electron chi connectivity index (χ2n) is 6.05. The molecular formula is C20H17N5O2. The van der Waals surface area contributed by atoms with Gasteiger partial charge in [0, 0.05) is 31.3 Å². The smallest absolute Gasteiger partial charge is 0.231 e. The Labute approximate surface area is 155 Å². The largest absolute Gasteiger partial charge is 0.438 e. The van der Waals surface area contributed by atoms with Gasteiger partial charge in [0.2, 0.25) is 11.8 Å². The van der Waals surface area contributed by atoms with Gasteiger partial charge in [-0.1, -0.05) is 0 Å². The zero-order chi connectivity index (χ0) is 18.6. The second kappa shape index (κ2) is 7.25. The van der Waals surface area contributed by atoms with Gasteiger partial charge in [0.05, 0.1) is 11.8 Å². The van der Waals surface area contributed by atoms with E-state index in [2.05, 4.69) is 20.3 Å². The Hall–Kier alpha value is -3.74. The van der Waals surface area contributed by atoms with Crippen LogP contribution in [-0.4, -0.2) is 25.4 Å². The number of rotatable bonds is 5. The lowest BCUT2D eigenvalue weighted by molar-refractivity contribution is -0.115. The number of hydrogen-bond donors (Lipinski definition) is 1. The molecule has 0 spiro atoms. The molecule has 1 aromatic carbocycles. The summed E-state index contributed by atoms with van der Waals surface area (Å²) in [7, 11) is 1.92. The van der Waals surface area contributed by atoms with Crippen molar-refractivity contribution in [2.45, 2.75) is 6.42 Å². The first-order valence-electron chi connectivity index (χ1n) is 8.42. The minimum Gasteiger partial charge on any atom is -0.438 e. The zero-order valence-electron chi connectivity index (χ0n) is 14.7. The maximum Gasteiger partial charge on any atom is 0.231 e. The molecule has 0 aliphatic carbocycles. The van der Waals surface area contributed by atoms with Crippen LogP contribution in [0.5, 0.6) is 11.6 Å². The van der Waals surface area contributed by atoms with E-state index in [0.717, 1.165) is 16.6 Å². The molecular weight excluding hydrogens is 342 g/mol. The second-order valence-corrected chi connectivity index (χ2v) is 6.05. The topological polar surface area (TPSA) is 81.9 Å². The quantitative estimate of drug-likeness (QED) is 0.591. The SMILES string of the molecule is Cn1ccc2c(Oc3ccc(NC(=O)Cc4ccncc4)cc3)ncnc21. The van der Waals surface area contributed by atoms with Crippen LogP contribution in [0.15, 0.2) is 67.4 Å². The number of ether oxygens (including phenoxy) is 1. The summed E-state index contributed by atoms with van der Waals surface area (Å²) in [5.74, 6) is 1.04. The molecule has 0 bridgehead atoms. The lowest BCUT2D eigenvalue weighted by Gasteiger charge is -2.08. The fraction of sp³-hybridized carbons (Fsp3) is 0.100. The maximum atomic E-state index is 12.1. The zero-order valence-corrected chi connectivity index (χ0v) is 14.7. The van der Waals surface area contributed by atoms with Crippen molar-refractivity contribution < 1.29 is 9.53 Å². The number of carbonyl (C=O) groups excluding carboxylic acids is 1. The van der Waals surface area contributed by atoms with E-state index in [1.807, 2.05) is 36.0 Å². The molecule has 0 aliphatic heterocycles. The summed E-state index contributed by atoms with van der Waals surface area (Å²) < 4.78 is 7.78. The van der Waals surface area contributed by atoms with Gasteiger partial charge in [0.15, 0.2) is 0 Å². The van der Waals surface area contributed by atoms with Crippen molar-refractivity contribution in [3.63, 3.8) is 0 Å². The number of pyridine rings is 1. The molecule has 0 unspecified atom stereocenters. The van der Waals surface area contributed by atoms with Crippen molar-refractivity contribution in [2.75, 3.05) is 5.32 Å². The van der Waals surface area contributed by atoms with E-state index < -0.39 is 0 Å². The summed E-state index contributed by atoms with van der Waals surface area (Å²) >= 11 is 0. The van der Waals surface area contributed by atoms with E-state index in [4.69, 9.17) is 4.74 Å². The third-order valence-electron chi connectivity index (χ3n) is 4.09. The molecule has 3 heterocycles. The van der Waals surface area contributed by atoms with Crippen LogP contribution < -0.4 is 10.1 Å². The van der Waals surface area contributed by atoms with Gasteiger partial charge in [-0.2, -0.15) is 0 Å². The molecule has 4 rings (SSSR count). The highest BCUT2D eigenvalue weighted by molar-refractivity contribution is 5.92. The predicted molar refractivity (Wildman–Crippen MR) is 102 cm³/mol. The highest BCUT2D eigenvalue weighted by atomic mass is 16.5. The number of amides is 1. The van der Waals surface area contributed by atoms with Crippen LogP contribution in [-0.2, 0) is 18.3 Å². The lowest BCUT2D eigenvalue weighted by Crippen LogP contribution is -2.14. The molecule has 1 N–H and O–H groups in total. The van der Waals surface area contributed by atoms with E-state index >= 15 is 0 Å². The standard InChI is InChI=1S/C20H17N5O2/c1-25-11-8-17-19(25)22-13-23-20(17)27-16-4-2-15(3-5-16)24-18(26)12-14-6-9-21-10-7-14/h2-11,13H,12H2,1H3,(H,24,26). The van der Waals surface area contributed by atoms with Crippen LogP contribution in [0.1, 0.15) is 5.56 Å². The van der Waals surface area contributed by atoms with Crippen LogP contribution in [0.25, 0.3) is 11.0 Å². The Morgan fingerprint density at radius 2 is 1.85 bits per heavy atom. The van der Waals surface area contributed by atoms with Gasteiger partial charge in [-0.05, 0) is 48.0 Å². The number of nitrogens with one attached hydrogen (secondary N) is 1. The normalized spacial score (nSPS) is 10.7. The number of nitrogens with zero attached hydrogens (tertiary/aromatic N) is 4. The summed E-state index contributed by atoms with van der Waals surface area (Å²) in [6.45, 7) is 0. The fourth-order valence-corrected chi connectivity index (χ4v) is 2.75. The molecule has 0 fully saturated rings. The number of anilines is 1. The Balaban J connectivity index is 1.43. The molecule has 0 saturated carbocycles. The first-order valence-corrected chi connectivity index (χ1v) is 8.42. The number of aryl methyl sites for hydroxylation is 1. The number of aromatic nitrogens is 4. The van der Waals surface area contributed by atoms with Gasteiger partial charge in [0.25, 0.3) is 0 Å². The van der Waals surface area contributed by atoms with Gasteiger partial charge in [-0.3, -0.25) is 9.78 Å². The molecule has 27 heavy (non-hydrogen) atoms.